The average Bonchev–Trinajstić information content (AvgIpc) is 2.45. The number of hydrogen-bond donors (Lipinski definition) is 0. The third-order valence-corrected chi connectivity index (χ3v) is 4.43. The molecule has 1 aliphatic rings. The van der Waals surface area contributed by atoms with E-state index in [9.17, 15) is 8.78 Å². The van der Waals surface area contributed by atoms with E-state index >= 15 is 0 Å². The second-order valence-corrected chi connectivity index (χ2v) is 7.69. The van der Waals surface area contributed by atoms with Gasteiger partial charge in [-0.2, -0.15) is 0 Å². The van der Waals surface area contributed by atoms with Crippen molar-refractivity contribution in [3.63, 3.8) is 0 Å². The van der Waals surface area contributed by atoms with E-state index in [1.165, 1.54) is 12.1 Å². The maximum atomic E-state index is 14.4. The maximum Gasteiger partial charge on any atom is 0.500 e. The molecule has 0 spiro atoms. The van der Waals surface area contributed by atoms with Gasteiger partial charge in [0.2, 0.25) is 0 Å². The highest BCUT2D eigenvalue weighted by Crippen LogP contribution is 2.37. The molecule has 0 radical (unpaired) electrons. The average molecular weight is 296 g/mol. The van der Waals surface area contributed by atoms with E-state index in [4.69, 9.17) is 9.31 Å². The molecule has 0 unspecified atom stereocenters. The zero-order valence-corrected chi connectivity index (χ0v) is 13.8. The Morgan fingerprint density at radius 1 is 0.905 bits per heavy atom. The Labute approximate surface area is 126 Å². The molecule has 1 aromatic rings. The van der Waals surface area contributed by atoms with Crippen LogP contribution in [0.25, 0.3) is 0 Å². The van der Waals surface area contributed by atoms with E-state index in [1.54, 1.807) is 0 Å². The standard InChI is InChI=1S/C16H23BF2O2/c1-14(2,3)10-8-11(18)13(12(19)9-10)17-20-15(4,5)16(6,7)21-17/h8-9H,1-7H3. The van der Waals surface area contributed by atoms with Crippen LogP contribution >= 0.6 is 0 Å². The van der Waals surface area contributed by atoms with E-state index < -0.39 is 30.0 Å². The Balaban J connectivity index is 2.44. The molecule has 5 heteroatoms. The molecule has 1 saturated heterocycles. The van der Waals surface area contributed by atoms with Gasteiger partial charge in [0.1, 0.15) is 11.6 Å². The smallest absolute Gasteiger partial charge is 0.399 e. The lowest BCUT2D eigenvalue weighted by molar-refractivity contribution is 0.00578. The van der Waals surface area contributed by atoms with Gasteiger partial charge >= 0.3 is 7.12 Å². The highest BCUT2D eigenvalue weighted by molar-refractivity contribution is 6.62. The van der Waals surface area contributed by atoms with Crippen molar-refractivity contribution in [3.05, 3.63) is 29.3 Å². The minimum Gasteiger partial charge on any atom is -0.399 e. The molecule has 2 rings (SSSR count). The number of benzene rings is 1. The van der Waals surface area contributed by atoms with Crippen molar-refractivity contribution in [2.45, 2.75) is 65.1 Å². The normalized spacial score (nSPS) is 20.9. The Hall–Kier alpha value is -0.935. The van der Waals surface area contributed by atoms with Crippen LogP contribution < -0.4 is 5.46 Å². The summed E-state index contributed by atoms with van der Waals surface area (Å²) in [5.74, 6) is -1.25. The fraction of sp³-hybridized carbons (Fsp3) is 0.625. The van der Waals surface area contributed by atoms with Crippen LogP contribution in [0, 0.1) is 11.6 Å². The molecule has 0 amide bonds. The van der Waals surface area contributed by atoms with Crippen molar-refractivity contribution in [2.24, 2.45) is 0 Å². The predicted molar refractivity (Wildman–Crippen MR) is 80.8 cm³/mol. The SMILES string of the molecule is CC(C)(C)c1cc(F)c(B2OC(C)(C)C(C)(C)O2)c(F)c1. The number of halogens is 2. The van der Waals surface area contributed by atoms with Crippen LogP contribution in [0.3, 0.4) is 0 Å². The first-order chi connectivity index (χ1) is 9.35. The Kier molecular flexibility index (Phi) is 3.74. The fourth-order valence-electron chi connectivity index (χ4n) is 2.20. The summed E-state index contributed by atoms with van der Waals surface area (Å²) in [5.41, 5.74) is -1.12. The minimum atomic E-state index is -1.02. The predicted octanol–water partition coefficient (Wildman–Crippen LogP) is 3.56. The van der Waals surface area contributed by atoms with Gasteiger partial charge in [-0.05, 0) is 50.8 Å². The molecule has 2 nitrogen and oxygen atoms in total. The zero-order chi connectivity index (χ0) is 16.2. The van der Waals surface area contributed by atoms with Gasteiger partial charge in [0.15, 0.2) is 0 Å². The summed E-state index contributed by atoms with van der Waals surface area (Å²) < 4.78 is 40.3. The van der Waals surface area contributed by atoms with Crippen molar-refractivity contribution >= 4 is 12.6 Å². The molecule has 0 N–H and O–H groups in total. The zero-order valence-electron chi connectivity index (χ0n) is 13.8. The van der Waals surface area contributed by atoms with Crippen LogP contribution in [0.2, 0.25) is 0 Å². The summed E-state index contributed by atoms with van der Waals surface area (Å²) in [6.07, 6.45) is 0. The van der Waals surface area contributed by atoms with E-state index in [0.717, 1.165) is 0 Å². The molecule has 0 atom stereocenters. The number of hydrogen-bond acceptors (Lipinski definition) is 2. The van der Waals surface area contributed by atoms with Crippen LogP contribution in [0.4, 0.5) is 8.78 Å². The Morgan fingerprint density at radius 2 is 1.29 bits per heavy atom. The molecule has 1 heterocycles. The molecule has 0 aromatic heterocycles. The molecule has 1 fully saturated rings. The maximum absolute atomic E-state index is 14.4. The molecule has 21 heavy (non-hydrogen) atoms. The molecule has 1 aromatic carbocycles. The topological polar surface area (TPSA) is 18.5 Å². The molecule has 0 saturated carbocycles. The van der Waals surface area contributed by atoms with E-state index in [2.05, 4.69) is 0 Å². The van der Waals surface area contributed by atoms with E-state index in [-0.39, 0.29) is 10.9 Å². The summed E-state index contributed by atoms with van der Waals surface area (Å²) in [7, 11) is -1.02. The lowest BCUT2D eigenvalue weighted by Crippen LogP contribution is -2.41. The molecule has 0 bridgehead atoms. The van der Waals surface area contributed by atoms with Gasteiger partial charge < -0.3 is 9.31 Å². The van der Waals surface area contributed by atoms with Gasteiger partial charge in [-0.25, -0.2) is 8.78 Å². The van der Waals surface area contributed by atoms with Crippen LogP contribution in [0.5, 0.6) is 0 Å². The van der Waals surface area contributed by atoms with Crippen LogP contribution in [-0.4, -0.2) is 18.3 Å². The molecular formula is C16H23BF2O2. The van der Waals surface area contributed by atoms with Crippen LogP contribution in [0.15, 0.2) is 12.1 Å². The first kappa shape index (κ1) is 16.4. The largest absolute Gasteiger partial charge is 0.500 e. The van der Waals surface area contributed by atoms with Crippen molar-refractivity contribution < 1.29 is 18.1 Å². The van der Waals surface area contributed by atoms with Crippen molar-refractivity contribution in [3.8, 4) is 0 Å². The quantitative estimate of drug-likeness (QED) is 0.738. The summed E-state index contributed by atoms with van der Waals surface area (Å²) in [6.45, 7) is 13.2. The number of rotatable bonds is 1. The highest BCUT2D eigenvalue weighted by Gasteiger charge is 2.53. The highest BCUT2D eigenvalue weighted by atomic mass is 19.1. The van der Waals surface area contributed by atoms with Gasteiger partial charge in [-0.1, -0.05) is 20.8 Å². The minimum absolute atomic E-state index is 0.151. The second-order valence-electron chi connectivity index (χ2n) is 7.69. The summed E-state index contributed by atoms with van der Waals surface area (Å²) in [5, 5.41) is 0. The van der Waals surface area contributed by atoms with Gasteiger partial charge in [0.25, 0.3) is 0 Å². The second kappa shape index (κ2) is 4.78. The molecule has 1 aliphatic heterocycles. The first-order valence-corrected chi connectivity index (χ1v) is 7.20. The first-order valence-electron chi connectivity index (χ1n) is 7.20. The van der Waals surface area contributed by atoms with Crippen molar-refractivity contribution in [1.82, 2.24) is 0 Å². The van der Waals surface area contributed by atoms with Crippen molar-refractivity contribution in [2.75, 3.05) is 0 Å². The van der Waals surface area contributed by atoms with Gasteiger partial charge in [0.05, 0.1) is 16.7 Å². The van der Waals surface area contributed by atoms with Crippen LogP contribution in [0.1, 0.15) is 54.0 Å². The third-order valence-electron chi connectivity index (χ3n) is 4.43. The summed E-state index contributed by atoms with van der Waals surface area (Å²) in [6, 6.07) is 2.73. The Bertz CT molecular complexity index is 523. The van der Waals surface area contributed by atoms with Crippen molar-refractivity contribution in [1.29, 1.82) is 0 Å². The van der Waals surface area contributed by atoms with E-state index in [1.807, 2.05) is 48.5 Å². The van der Waals surface area contributed by atoms with Crippen LogP contribution in [-0.2, 0) is 14.7 Å². The lowest BCUT2D eigenvalue weighted by Gasteiger charge is -2.32. The molecule has 0 aliphatic carbocycles. The Morgan fingerprint density at radius 3 is 1.62 bits per heavy atom. The molecular weight excluding hydrogens is 273 g/mol. The van der Waals surface area contributed by atoms with Gasteiger partial charge in [0, 0.05) is 0 Å². The summed E-state index contributed by atoms with van der Waals surface area (Å²) >= 11 is 0. The fourth-order valence-corrected chi connectivity index (χ4v) is 2.20. The lowest BCUT2D eigenvalue weighted by atomic mass is 9.76. The third kappa shape index (κ3) is 2.86. The monoisotopic (exact) mass is 296 g/mol. The van der Waals surface area contributed by atoms with Gasteiger partial charge in [-0.3, -0.25) is 0 Å². The van der Waals surface area contributed by atoms with Gasteiger partial charge in [-0.15, -0.1) is 0 Å². The van der Waals surface area contributed by atoms with E-state index in [0.29, 0.717) is 5.56 Å². The molecule has 116 valence electrons. The summed E-state index contributed by atoms with van der Waals surface area (Å²) in [4.78, 5) is 0.